The van der Waals surface area contributed by atoms with E-state index in [1.807, 2.05) is 6.92 Å². The van der Waals surface area contributed by atoms with Crippen LogP contribution in [0.1, 0.15) is 20.2 Å². The Morgan fingerprint density at radius 3 is 2.90 bits per heavy atom. The molecule has 0 fully saturated rings. The molecule has 0 aliphatic carbocycles. The Kier molecular flexibility index (Phi) is 4.46. The number of nitrogens with zero attached hydrogens (tertiary/aromatic N) is 2. The lowest BCUT2D eigenvalue weighted by Gasteiger charge is -2.04. The van der Waals surface area contributed by atoms with E-state index in [1.165, 1.54) is 29.5 Å². The molecule has 0 spiro atoms. The van der Waals surface area contributed by atoms with Crippen molar-refractivity contribution in [2.75, 3.05) is 0 Å². The maximum absolute atomic E-state index is 11.9. The van der Waals surface area contributed by atoms with Gasteiger partial charge in [0.05, 0.1) is 20.9 Å². The van der Waals surface area contributed by atoms with Crippen LogP contribution in [-0.2, 0) is 6.54 Å². The lowest BCUT2D eigenvalue weighted by molar-refractivity contribution is -0.385. The molecule has 1 heterocycles. The minimum atomic E-state index is -0.534. The third-order valence-electron chi connectivity index (χ3n) is 2.50. The SMILES string of the molecule is Cc1ncc(CNC(=O)c2ccc(Br)c([N+](=O)[O-])c2)s1. The largest absolute Gasteiger partial charge is 0.347 e. The van der Waals surface area contributed by atoms with E-state index in [4.69, 9.17) is 0 Å². The zero-order valence-corrected chi connectivity index (χ0v) is 12.8. The van der Waals surface area contributed by atoms with E-state index in [0.29, 0.717) is 11.0 Å². The molecule has 2 rings (SSSR count). The predicted octanol–water partition coefficient (Wildman–Crippen LogP) is 3.05. The molecule has 1 N–H and O–H groups in total. The fourth-order valence-corrected chi connectivity index (χ4v) is 2.68. The second-order valence-electron chi connectivity index (χ2n) is 3.95. The maximum Gasteiger partial charge on any atom is 0.284 e. The van der Waals surface area contributed by atoms with Crippen molar-refractivity contribution in [2.45, 2.75) is 13.5 Å². The van der Waals surface area contributed by atoms with Gasteiger partial charge in [-0.25, -0.2) is 4.98 Å². The Balaban J connectivity index is 2.09. The first-order valence-corrected chi connectivity index (χ1v) is 7.22. The van der Waals surface area contributed by atoms with Crippen LogP contribution in [-0.4, -0.2) is 15.8 Å². The van der Waals surface area contributed by atoms with Gasteiger partial charge in [0.25, 0.3) is 11.6 Å². The van der Waals surface area contributed by atoms with Crippen LogP contribution in [0.5, 0.6) is 0 Å². The summed E-state index contributed by atoms with van der Waals surface area (Å²) in [7, 11) is 0. The number of aryl methyl sites for hydroxylation is 1. The van der Waals surface area contributed by atoms with Crippen molar-refractivity contribution in [3.8, 4) is 0 Å². The number of rotatable bonds is 4. The van der Waals surface area contributed by atoms with Gasteiger partial charge < -0.3 is 5.32 Å². The number of nitro benzene ring substituents is 1. The molecule has 0 aliphatic rings. The van der Waals surface area contributed by atoms with Gasteiger partial charge >= 0.3 is 0 Å². The Hall–Kier alpha value is -1.80. The van der Waals surface area contributed by atoms with Gasteiger partial charge in [-0.15, -0.1) is 11.3 Å². The molecule has 1 aromatic heterocycles. The molecule has 2 aromatic rings. The summed E-state index contributed by atoms with van der Waals surface area (Å²) in [6.07, 6.45) is 1.70. The van der Waals surface area contributed by atoms with Gasteiger partial charge in [-0.2, -0.15) is 0 Å². The molecule has 1 aromatic carbocycles. The van der Waals surface area contributed by atoms with Gasteiger partial charge in [0, 0.05) is 22.7 Å². The van der Waals surface area contributed by atoms with Crippen LogP contribution >= 0.6 is 27.3 Å². The third kappa shape index (κ3) is 3.40. The number of benzene rings is 1. The molecule has 0 aliphatic heterocycles. The van der Waals surface area contributed by atoms with Gasteiger partial charge in [-0.05, 0) is 35.0 Å². The second kappa shape index (κ2) is 6.10. The van der Waals surface area contributed by atoms with E-state index >= 15 is 0 Å². The first kappa shape index (κ1) is 14.6. The molecule has 0 bridgehead atoms. The van der Waals surface area contributed by atoms with Gasteiger partial charge in [-0.1, -0.05) is 0 Å². The molecule has 1 amide bonds. The number of aromatic nitrogens is 1. The van der Waals surface area contributed by atoms with E-state index in [0.717, 1.165) is 9.88 Å². The number of nitrogens with one attached hydrogen (secondary N) is 1. The fraction of sp³-hybridized carbons (Fsp3) is 0.167. The minimum absolute atomic E-state index is 0.133. The van der Waals surface area contributed by atoms with Gasteiger partial charge in [0.15, 0.2) is 0 Å². The minimum Gasteiger partial charge on any atom is -0.347 e. The van der Waals surface area contributed by atoms with Crippen LogP contribution in [0.25, 0.3) is 0 Å². The number of carbonyl (C=O) groups excluding carboxylic acids is 1. The Labute approximate surface area is 127 Å². The molecule has 6 nitrogen and oxygen atoms in total. The average molecular weight is 356 g/mol. The van der Waals surface area contributed by atoms with Crippen molar-refractivity contribution >= 4 is 38.9 Å². The third-order valence-corrected chi connectivity index (χ3v) is 4.08. The Bertz CT molecular complexity index is 672. The Morgan fingerprint density at radius 1 is 1.55 bits per heavy atom. The summed E-state index contributed by atoms with van der Waals surface area (Å²) in [6, 6.07) is 4.27. The molecular weight excluding hydrogens is 346 g/mol. The zero-order valence-electron chi connectivity index (χ0n) is 10.4. The van der Waals surface area contributed by atoms with Crippen LogP contribution in [0.3, 0.4) is 0 Å². The quantitative estimate of drug-likeness (QED) is 0.674. The monoisotopic (exact) mass is 355 g/mol. The second-order valence-corrected chi connectivity index (χ2v) is 6.13. The Morgan fingerprint density at radius 2 is 2.30 bits per heavy atom. The van der Waals surface area contributed by atoms with E-state index in [1.54, 1.807) is 6.20 Å². The van der Waals surface area contributed by atoms with Crippen molar-refractivity contribution in [2.24, 2.45) is 0 Å². The van der Waals surface area contributed by atoms with E-state index < -0.39 is 4.92 Å². The molecule has 104 valence electrons. The molecule has 0 saturated carbocycles. The highest BCUT2D eigenvalue weighted by molar-refractivity contribution is 9.10. The number of hydrogen-bond acceptors (Lipinski definition) is 5. The smallest absolute Gasteiger partial charge is 0.284 e. The number of nitro groups is 1. The van der Waals surface area contributed by atoms with Crippen LogP contribution in [0.2, 0.25) is 0 Å². The molecule has 20 heavy (non-hydrogen) atoms. The van der Waals surface area contributed by atoms with E-state index in [-0.39, 0.29) is 17.2 Å². The summed E-state index contributed by atoms with van der Waals surface area (Å²) in [5.41, 5.74) is 0.118. The van der Waals surface area contributed by atoms with E-state index in [9.17, 15) is 14.9 Å². The zero-order chi connectivity index (χ0) is 14.7. The molecule has 8 heteroatoms. The van der Waals surface area contributed by atoms with Crippen molar-refractivity contribution in [1.82, 2.24) is 10.3 Å². The summed E-state index contributed by atoms with van der Waals surface area (Å²) < 4.78 is 0.345. The number of thiazole rings is 1. The number of carbonyl (C=O) groups is 1. The van der Waals surface area contributed by atoms with Gasteiger partial charge in [0.1, 0.15) is 0 Å². The normalized spacial score (nSPS) is 10.3. The lowest BCUT2D eigenvalue weighted by atomic mass is 10.2. The van der Waals surface area contributed by atoms with Crippen LogP contribution in [0.4, 0.5) is 5.69 Å². The summed E-state index contributed by atoms with van der Waals surface area (Å²) in [5, 5.41) is 14.4. The lowest BCUT2D eigenvalue weighted by Crippen LogP contribution is -2.22. The first-order valence-electron chi connectivity index (χ1n) is 5.61. The summed E-state index contributed by atoms with van der Waals surface area (Å²) in [4.78, 5) is 27.2. The topological polar surface area (TPSA) is 85.1 Å². The van der Waals surface area contributed by atoms with Crippen LogP contribution in [0.15, 0.2) is 28.9 Å². The summed E-state index contributed by atoms with van der Waals surface area (Å²) in [6.45, 7) is 2.24. The van der Waals surface area contributed by atoms with Crippen molar-refractivity contribution in [3.63, 3.8) is 0 Å². The molecule has 0 unspecified atom stereocenters. The fourth-order valence-electron chi connectivity index (χ4n) is 1.55. The van der Waals surface area contributed by atoms with Gasteiger partial charge in [0.2, 0.25) is 0 Å². The summed E-state index contributed by atoms with van der Waals surface area (Å²) in [5.74, 6) is -0.355. The molecule has 0 radical (unpaired) electrons. The van der Waals surface area contributed by atoms with Crippen molar-refractivity contribution in [3.05, 3.63) is 54.4 Å². The molecule has 0 atom stereocenters. The van der Waals surface area contributed by atoms with Crippen LogP contribution < -0.4 is 5.32 Å². The van der Waals surface area contributed by atoms with Crippen molar-refractivity contribution < 1.29 is 9.72 Å². The number of hydrogen-bond donors (Lipinski definition) is 1. The van der Waals surface area contributed by atoms with Crippen LogP contribution in [0, 0.1) is 17.0 Å². The highest BCUT2D eigenvalue weighted by Gasteiger charge is 2.15. The number of amides is 1. The average Bonchev–Trinajstić information content (AvgIpc) is 2.82. The predicted molar refractivity (Wildman–Crippen MR) is 78.8 cm³/mol. The molecular formula is C12H10BrN3O3S. The standard InChI is InChI=1S/C12H10BrN3O3S/c1-7-14-5-9(20-7)6-15-12(17)8-2-3-10(13)11(4-8)16(18)19/h2-5H,6H2,1H3,(H,15,17). The van der Waals surface area contributed by atoms with Crippen molar-refractivity contribution in [1.29, 1.82) is 0 Å². The maximum atomic E-state index is 11.9. The van der Waals surface area contributed by atoms with Gasteiger partial charge in [-0.3, -0.25) is 14.9 Å². The van der Waals surface area contributed by atoms with E-state index in [2.05, 4.69) is 26.2 Å². The highest BCUT2D eigenvalue weighted by atomic mass is 79.9. The number of halogens is 1. The first-order chi connectivity index (χ1) is 9.47. The molecule has 0 saturated heterocycles. The summed E-state index contributed by atoms with van der Waals surface area (Å²) >= 11 is 4.57. The highest BCUT2D eigenvalue weighted by Crippen LogP contribution is 2.25.